The van der Waals surface area contributed by atoms with Gasteiger partial charge in [0.25, 0.3) is 0 Å². The normalized spacial score (nSPS) is 18.5. The zero-order valence-corrected chi connectivity index (χ0v) is 14.8. The van der Waals surface area contributed by atoms with Crippen molar-refractivity contribution in [1.82, 2.24) is 20.4 Å². The van der Waals surface area contributed by atoms with Crippen molar-refractivity contribution >= 4 is 5.91 Å². The Bertz CT molecular complexity index is 754. The van der Waals surface area contributed by atoms with Gasteiger partial charge in [0.2, 0.25) is 17.6 Å². The number of hydrogen-bond acceptors (Lipinski definition) is 5. The molecule has 1 saturated heterocycles. The molecule has 0 radical (unpaired) electrons. The number of carbonyl (C=O) groups excluding carboxylic acids is 1. The molecule has 1 aliphatic heterocycles. The van der Waals surface area contributed by atoms with Gasteiger partial charge in [-0.3, -0.25) is 9.69 Å². The van der Waals surface area contributed by atoms with E-state index in [1.54, 1.807) is 18.2 Å². The highest BCUT2D eigenvalue weighted by Gasteiger charge is 2.33. The van der Waals surface area contributed by atoms with Gasteiger partial charge < -0.3 is 9.84 Å². The number of halogens is 1. The molecule has 0 spiro atoms. The summed E-state index contributed by atoms with van der Waals surface area (Å²) >= 11 is 0. The number of benzene rings is 1. The molecule has 0 saturated carbocycles. The van der Waals surface area contributed by atoms with Gasteiger partial charge in [0, 0.05) is 5.54 Å². The highest BCUT2D eigenvalue weighted by molar-refractivity contribution is 5.82. The van der Waals surface area contributed by atoms with Crippen LogP contribution in [0.5, 0.6) is 0 Å². The van der Waals surface area contributed by atoms with Gasteiger partial charge in [0.05, 0.1) is 18.2 Å². The average Bonchev–Trinajstić information content (AvgIpc) is 3.16. The lowest BCUT2D eigenvalue weighted by atomic mass is 10.1. The molecular formula is C18H23FN4O2. The molecule has 1 fully saturated rings. The van der Waals surface area contributed by atoms with Crippen LogP contribution in [0.2, 0.25) is 0 Å². The van der Waals surface area contributed by atoms with E-state index in [4.69, 9.17) is 4.52 Å². The van der Waals surface area contributed by atoms with Crippen molar-refractivity contribution in [3.63, 3.8) is 0 Å². The van der Waals surface area contributed by atoms with E-state index in [1.807, 2.05) is 25.7 Å². The molecule has 2 aromatic rings. The van der Waals surface area contributed by atoms with Crippen LogP contribution in [0.4, 0.5) is 4.39 Å². The average molecular weight is 346 g/mol. The third kappa shape index (κ3) is 4.22. The maximum Gasteiger partial charge on any atom is 0.241 e. The van der Waals surface area contributed by atoms with Crippen LogP contribution in [0.25, 0.3) is 11.4 Å². The van der Waals surface area contributed by atoms with Crippen LogP contribution in [-0.2, 0) is 11.3 Å². The van der Waals surface area contributed by atoms with E-state index in [2.05, 4.69) is 15.5 Å². The molecule has 1 aliphatic rings. The summed E-state index contributed by atoms with van der Waals surface area (Å²) in [4.78, 5) is 18.8. The molecule has 2 heterocycles. The molecule has 0 aliphatic carbocycles. The number of nitrogens with one attached hydrogen (secondary N) is 1. The minimum Gasteiger partial charge on any atom is -0.350 e. The molecule has 1 amide bonds. The highest BCUT2D eigenvalue weighted by Crippen LogP contribution is 2.23. The Morgan fingerprint density at radius 2 is 2.16 bits per heavy atom. The second-order valence-electron chi connectivity index (χ2n) is 7.36. The first kappa shape index (κ1) is 17.5. The standard InChI is InChI=1S/C18H23FN4O2/c1-18(2,3)21-17(24)14-9-6-10-23(14)11-15-20-16(22-25-15)12-7-4-5-8-13(12)19/h4-5,7-8,14H,6,9-11H2,1-3H3,(H,21,24). The van der Waals surface area contributed by atoms with Crippen molar-refractivity contribution in [3.05, 3.63) is 36.0 Å². The first-order valence-corrected chi connectivity index (χ1v) is 8.47. The van der Waals surface area contributed by atoms with Gasteiger partial charge in [-0.15, -0.1) is 0 Å². The summed E-state index contributed by atoms with van der Waals surface area (Å²) in [6.07, 6.45) is 1.74. The summed E-state index contributed by atoms with van der Waals surface area (Å²) < 4.78 is 19.1. The molecule has 3 rings (SSSR count). The highest BCUT2D eigenvalue weighted by atomic mass is 19.1. The first-order valence-electron chi connectivity index (χ1n) is 8.47. The zero-order chi connectivity index (χ0) is 18.0. The Morgan fingerprint density at radius 1 is 1.40 bits per heavy atom. The number of rotatable bonds is 4. The van der Waals surface area contributed by atoms with Crippen molar-refractivity contribution in [2.45, 2.75) is 51.7 Å². The van der Waals surface area contributed by atoms with E-state index in [0.29, 0.717) is 18.0 Å². The van der Waals surface area contributed by atoms with Crippen LogP contribution >= 0.6 is 0 Å². The first-order chi connectivity index (χ1) is 11.8. The molecule has 134 valence electrons. The molecule has 0 bridgehead atoms. The number of amides is 1. The van der Waals surface area contributed by atoms with E-state index in [9.17, 15) is 9.18 Å². The molecule has 1 aromatic heterocycles. The molecule has 1 N–H and O–H groups in total. The number of carbonyl (C=O) groups is 1. The SMILES string of the molecule is CC(C)(C)NC(=O)C1CCCN1Cc1nc(-c2ccccc2F)no1. The fraction of sp³-hybridized carbons (Fsp3) is 0.500. The van der Waals surface area contributed by atoms with Crippen molar-refractivity contribution in [2.75, 3.05) is 6.54 Å². The van der Waals surface area contributed by atoms with Gasteiger partial charge in [0.1, 0.15) is 5.82 Å². The molecule has 25 heavy (non-hydrogen) atoms. The summed E-state index contributed by atoms with van der Waals surface area (Å²) in [6, 6.07) is 6.10. The second kappa shape index (κ2) is 6.92. The number of nitrogens with zero attached hydrogens (tertiary/aromatic N) is 3. The van der Waals surface area contributed by atoms with Gasteiger partial charge in [-0.1, -0.05) is 17.3 Å². The van der Waals surface area contributed by atoms with Crippen molar-refractivity contribution in [3.8, 4) is 11.4 Å². The van der Waals surface area contributed by atoms with E-state index in [-0.39, 0.29) is 23.3 Å². The largest absolute Gasteiger partial charge is 0.350 e. The summed E-state index contributed by atoms with van der Waals surface area (Å²) in [5.41, 5.74) is 0.0364. The summed E-state index contributed by atoms with van der Waals surface area (Å²) in [5, 5.41) is 6.88. The Labute approximate surface area is 146 Å². The summed E-state index contributed by atoms with van der Waals surface area (Å²) in [7, 11) is 0. The molecule has 1 aromatic carbocycles. The molecule has 7 heteroatoms. The zero-order valence-electron chi connectivity index (χ0n) is 14.8. The molecule has 1 atom stereocenters. The third-order valence-corrected chi connectivity index (χ3v) is 4.09. The quantitative estimate of drug-likeness (QED) is 0.922. The van der Waals surface area contributed by atoms with Gasteiger partial charge >= 0.3 is 0 Å². The second-order valence-corrected chi connectivity index (χ2v) is 7.36. The molecule has 6 nitrogen and oxygen atoms in total. The van der Waals surface area contributed by atoms with Crippen LogP contribution in [0, 0.1) is 5.82 Å². The van der Waals surface area contributed by atoms with Crippen LogP contribution in [0.1, 0.15) is 39.5 Å². The maximum atomic E-state index is 13.8. The van der Waals surface area contributed by atoms with E-state index in [0.717, 1.165) is 19.4 Å². The fourth-order valence-corrected chi connectivity index (χ4v) is 3.01. The predicted molar refractivity (Wildman–Crippen MR) is 91.0 cm³/mol. The summed E-state index contributed by atoms with van der Waals surface area (Å²) in [5.74, 6) is 0.231. The Kier molecular flexibility index (Phi) is 4.85. The molecular weight excluding hydrogens is 323 g/mol. The Hall–Kier alpha value is -2.28. The predicted octanol–water partition coefficient (Wildman–Crippen LogP) is 2.75. The van der Waals surface area contributed by atoms with Crippen LogP contribution in [0.15, 0.2) is 28.8 Å². The van der Waals surface area contributed by atoms with E-state index >= 15 is 0 Å². The lowest BCUT2D eigenvalue weighted by Gasteiger charge is -2.27. The fourth-order valence-electron chi connectivity index (χ4n) is 3.01. The lowest BCUT2D eigenvalue weighted by molar-refractivity contribution is -0.127. The smallest absolute Gasteiger partial charge is 0.241 e. The van der Waals surface area contributed by atoms with Gasteiger partial charge in [-0.05, 0) is 52.3 Å². The van der Waals surface area contributed by atoms with Crippen molar-refractivity contribution in [1.29, 1.82) is 0 Å². The summed E-state index contributed by atoms with van der Waals surface area (Å²) in [6.45, 7) is 7.05. The Morgan fingerprint density at radius 3 is 2.88 bits per heavy atom. The lowest BCUT2D eigenvalue weighted by Crippen LogP contribution is -2.49. The number of hydrogen-bond donors (Lipinski definition) is 1. The van der Waals surface area contributed by atoms with Crippen LogP contribution in [0.3, 0.4) is 0 Å². The van der Waals surface area contributed by atoms with Gasteiger partial charge in [0.15, 0.2) is 0 Å². The van der Waals surface area contributed by atoms with E-state index in [1.165, 1.54) is 6.07 Å². The van der Waals surface area contributed by atoms with Crippen molar-refractivity contribution < 1.29 is 13.7 Å². The minimum absolute atomic E-state index is 0.0128. The van der Waals surface area contributed by atoms with Gasteiger partial charge in [-0.25, -0.2) is 4.39 Å². The number of aromatic nitrogens is 2. The minimum atomic E-state index is -0.390. The molecule has 1 unspecified atom stereocenters. The van der Waals surface area contributed by atoms with Crippen LogP contribution in [-0.4, -0.2) is 39.1 Å². The third-order valence-electron chi connectivity index (χ3n) is 4.09. The number of likely N-dealkylation sites (tertiary alicyclic amines) is 1. The monoisotopic (exact) mass is 346 g/mol. The van der Waals surface area contributed by atoms with Crippen molar-refractivity contribution in [2.24, 2.45) is 0 Å². The van der Waals surface area contributed by atoms with E-state index < -0.39 is 5.82 Å². The topological polar surface area (TPSA) is 71.3 Å². The maximum absolute atomic E-state index is 13.8. The van der Waals surface area contributed by atoms with Crippen LogP contribution < -0.4 is 5.32 Å². The Balaban J connectivity index is 1.70. The van der Waals surface area contributed by atoms with Gasteiger partial charge in [-0.2, -0.15) is 4.98 Å².